The molecular weight excluding hydrogens is 270 g/mol. The lowest BCUT2D eigenvalue weighted by molar-refractivity contribution is 0.0167. The molecule has 1 saturated heterocycles. The maximum atomic E-state index is 12.1. The predicted octanol–water partition coefficient (Wildman–Crippen LogP) is 2.29. The van der Waals surface area contributed by atoms with Gasteiger partial charge in [-0.2, -0.15) is 0 Å². The SMILES string of the molecule is CCN(C)C(=O)NC[C@@H]1CCCN(C(=O)OC(C)(C)C)C1. The lowest BCUT2D eigenvalue weighted by Crippen LogP contribution is -2.47. The molecule has 1 aliphatic rings. The Morgan fingerprint density at radius 1 is 1.38 bits per heavy atom. The normalized spacial score (nSPS) is 19.1. The van der Waals surface area contributed by atoms with Crippen LogP contribution < -0.4 is 5.32 Å². The number of piperidine rings is 1. The lowest BCUT2D eigenvalue weighted by Gasteiger charge is -2.34. The van der Waals surface area contributed by atoms with Gasteiger partial charge in [0, 0.05) is 33.2 Å². The first-order valence-corrected chi connectivity index (χ1v) is 7.70. The quantitative estimate of drug-likeness (QED) is 0.869. The summed E-state index contributed by atoms with van der Waals surface area (Å²) in [4.78, 5) is 27.2. The summed E-state index contributed by atoms with van der Waals surface area (Å²) in [5.41, 5.74) is -0.470. The van der Waals surface area contributed by atoms with E-state index in [0.717, 1.165) is 19.4 Å². The molecule has 21 heavy (non-hydrogen) atoms. The van der Waals surface area contributed by atoms with Gasteiger partial charge in [-0.05, 0) is 46.5 Å². The number of urea groups is 1. The third-order valence-corrected chi connectivity index (χ3v) is 3.53. The van der Waals surface area contributed by atoms with Crippen LogP contribution in [0.25, 0.3) is 0 Å². The predicted molar refractivity (Wildman–Crippen MR) is 82.2 cm³/mol. The smallest absolute Gasteiger partial charge is 0.410 e. The molecule has 0 aromatic heterocycles. The average Bonchev–Trinajstić information content (AvgIpc) is 2.42. The van der Waals surface area contributed by atoms with Crippen LogP contribution in [0.1, 0.15) is 40.5 Å². The number of carbonyl (C=O) groups excluding carboxylic acids is 2. The van der Waals surface area contributed by atoms with E-state index in [1.807, 2.05) is 27.7 Å². The molecule has 1 heterocycles. The average molecular weight is 299 g/mol. The molecule has 3 amide bonds. The number of nitrogens with zero attached hydrogens (tertiary/aromatic N) is 2. The molecule has 0 saturated carbocycles. The van der Waals surface area contributed by atoms with Gasteiger partial charge in [-0.1, -0.05) is 0 Å². The van der Waals surface area contributed by atoms with Crippen LogP contribution in [0.15, 0.2) is 0 Å². The Morgan fingerprint density at radius 3 is 2.62 bits per heavy atom. The van der Waals surface area contributed by atoms with Crippen molar-refractivity contribution in [3.63, 3.8) is 0 Å². The van der Waals surface area contributed by atoms with Gasteiger partial charge in [0.25, 0.3) is 0 Å². The van der Waals surface area contributed by atoms with Gasteiger partial charge in [-0.15, -0.1) is 0 Å². The third kappa shape index (κ3) is 6.23. The van der Waals surface area contributed by atoms with Crippen LogP contribution in [0.4, 0.5) is 9.59 Å². The van der Waals surface area contributed by atoms with Gasteiger partial charge in [0.05, 0.1) is 0 Å². The van der Waals surface area contributed by atoms with Gasteiger partial charge >= 0.3 is 12.1 Å². The molecular formula is C15H29N3O3. The second kappa shape index (κ2) is 7.52. The Hall–Kier alpha value is -1.46. The van der Waals surface area contributed by atoms with Crippen molar-refractivity contribution in [2.45, 2.75) is 46.1 Å². The molecule has 6 heteroatoms. The Kier molecular flexibility index (Phi) is 6.30. The van der Waals surface area contributed by atoms with Crippen molar-refractivity contribution >= 4 is 12.1 Å². The molecule has 0 aromatic rings. The van der Waals surface area contributed by atoms with Crippen molar-refractivity contribution in [3.8, 4) is 0 Å². The number of ether oxygens (including phenoxy) is 1. The zero-order valence-corrected chi connectivity index (χ0v) is 13.9. The van der Waals surface area contributed by atoms with Crippen molar-refractivity contribution in [3.05, 3.63) is 0 Å². The van der Waals surface area contributed by atoms with Gasteiger partial charge < -0.3 is 19.9 Å². The highest BCUT2D eigenvalue weighted by molar-refractivity contribution is 5.73. The Balaban J connectivity index is 2.42. The molecule has 0 bridgehead atoms. The summed E-state index contributed by atoms with van der Waals surface area (Å²) in [6.07, 6.45) is 1.71. The van der Waals surface area contributed by atoms with E-state index in [2.05, 4.69) is 5.32 Å². The van der Waals surface area contributed by atoms with Crippen molar-refractivity contribution in [2.75, 3.05) is 33.2 Å². The summed E-state index contributed by atoms with van der Waals surface area (Å²) in [5.74, 6) is 0.292. The van der Waals surface area contributed by atoms with E-state index in [-0.39, 0.29) is 12.1 Å². The molecule has 0 aromatic carbocycles. The van der Waals surface area contributed by atoms with Crippen LogP contribution in [0, 0.1) is 5.92 Å². The summed E-state index contributed by atoms with van der Waals surface area (Å²) in [7, 11) is 1.77. The third-order valence-electron chi connectivity index (χ3n) is 3.53. The molecule has 0 radical (unpaired) electrons. The number of amides is 3. The second-order valence-electron chi connectivity index (χ2n) is 6.63. The topological polar surface area (TPSA) is 61.9 Å². The zero-order chi connectivity index (χ0) is 16.0. The van der Waals surface area contributed by atoms with Gasteiger partial charge in [-0.25, -0.2) is 9.59 Å². The first-order valence-electron chi connectivity index (χ1n) is 7.70. The van der Waals surface area contributed by atoms with Crippen molar-refractivity contribution in [1.82, 2.24) is 15.1 Å². The van der Waals surface area contributed by atoms with Crippen molar-refractivity contribution in [1.29, 1.82) is 0 Å². The molecule has 6 nitrogen and oxygen atoms in total. The van der Waals surface area contributed by atoms with Gasteiger partial charge in [-0.3, -0.25) is 0 Å². The zero-order valence-electron chi connectivity index (χ0n) is 13.9. The summed E-state index contributed by atoms with van der Waals surface area (Å²) in [6.45, 7) is 10.2. The molecule has 1 fully saturated rings. The van der Waals surface area contributed by atoms with Gasteiger partial charge in [0.2, 0.25) is 0 Å². The van der Waals surface area contributed by atoms with Crippen LogP contribution in [0.3, 0.4) is 0 Å². The molecule has 1 atom stereocenters. The van der Waals surface area contributed by atoms with Gasteiger partial charge in [0.15, 0.2) is 0 Å². The van der Waals surface area contributed by atoms with E-state index < -0.39 is 5.60 Å². The summed E-state index contributed by atoms with van der Waals surface area (Å²) >= 11 is 0. The Bertz CT molecular complexity index is 366. The molecule has 0 aliphatic carbocycles. The van der Waals surface area contributed by atoms with E-state index in [1.54, 1.807) is 16.8 Å². The second-order valence-corrected chi connectivity index (χ2v) is 6.63. The summed E-state index contributed by atoms with van der Waals surface area (Å²) in [6, 6.07) is -0.0631. The lowest BCUT2D eigenvalue weighted by atomic mass is 9.98. The molecule has 0 unspecified atom stereocenters. The highest BCUT2D eigenvalue weighted by Gasteiger charge is 2.27. The Labute approximate surface area is 127 Å². The van der Waals surface area contributed by atoms with E-state index in [1.165, 1.54) is 0 Å². The molecule has 0 spiro atoms. The molecule has 1 rings (SSSR count). The number of nitrogens with one attached hydrogen (secondary N) is 1. The van der Waals surface area contributed by atoms with E-state index in [9.17, 15) is 9.59 Å². The molecule has 122 valence electrons. The fourth-order valence-corrected chi connectivity index (χ4v) is 2.23. The Morgan fingerprint density at radius 2 is 2.05 bits per heavy atom. The van der Waals surface area contributed by atoms with Crippen molar-refractivity contribution < 1.29 is 14.3 Å². The number of likely N-dealkylation sites (tertiary alicyclic amines) is 1. The highest BCUT2D eigenvalue weighted by Crippen LogP contribution is 2.18. The van der Waals surface area contributed by atoms with E-state index in [4.69, 9.17) is 4.74 Å². The van der Waals surface area contributed by atoms with Crippen LogP contribution in [0.5, 0.6) is 0 Å². The maximum absolute atomic E-state index is 12.1. The number of rotatable bonds is 3. The van der Waals surface area contributed by atoms with E-state index in [0.29, 0.717) is 25.6 Å². The van der Waals surface area contributed by atoms with E-state index >= 15 is 0 Å². The van der Waals surface area contributed by atoms with Crippen LogP contribution >= 0.6 is 0 Å². The minimum absolute atomic E-state index is 0.0631. The van der Waals surface area contributed by atoms with Gasteiger partial charge in [0.1, 0.15) is 5.60 Å². The van der Waals surface area contributed by atoms with Crippen molar-refractivity contribution in [2.24, 2.45) is 5.92 Å². The summed E-state index contributed by atoms with van der Waals surface area (Å²) in [5, 5.41) is 2.92. The minimum atomic E-state index is -0.470. The molecule has 1 aliphatic heterocycles. The fraction of sp³-hybridized carbons (Fsp3) is 0.867. The first kappa shape index (κ1) is 17.6. The fourth-order valence-electron chi connectivity index (χ4n) is 2.23. The largest absolute Gasteiger partial charge is 0.444 e. The monoisotopic (exact) mass is 299 g/mol. The standard InChI is InChI=1S/C15H29N3O3/c1-6-17(5)13(19)16-10-12-8-7-9-18(11-12)14(20)21-15(2,3)4/h12H,6-11H2,1-5H3,(H,16,19)/t12-/m0/s1. The number of carbonyl (C=O) groups is 2. The van der Waals surface area contributed by atoms with Crippen LogP contribution in [-0.2, 0) is 4.74 Å². The minimum Gasteiger partial charge on any atom is -0.444 e. The number of hydrogen-bond donors (Lipinski definition) is 1. The summed E-state index contributed by atoms with van der Waals surface area (Å²) < 4.78 is 5.40. The highest BCUT2D eigenvalue weighted by atomic mass is 16.6. The molecule has 1 N–H and O–H groups in total. The number of hydrogen-bond acceptors (Lipinski definition) is 3. The maximum Gasteiger partial charge on any atom is 0.410 e. The van der Waals surface area contributed by atoms with Crippen LogP contribution in [0.2, 0.25) is 0 Å². The first-order chi connectivity index (χ1) is 9.73. The van der Waals surface area contributed by atoms with Crippen LogP contribution in [-0.4, -0.2) is 60.8 Å².